The SMILES string of the molecule is CNC(=O)c1sc(N(C)CC2CC2)c(C2CC2)c1N. The molecular weight excluding hydrogens is 258 g/mol. The number of nitrogens with zero attached hydrogens (tertiary/aromatic N) is 1. The molecule has 0 aliphatic heterocycles. The second-order valence-corrected chi connectivity index (χ2v) is 6.74. The van der Waals surface area contributed by atoms with Crippen LogP contribution in [-0.2, 0) is 0 Å². The minimum Gasteiger partial charge on any atom is -0.397 e. The van der Waals surface area contributed by atoms with E-state index in [1.165, 1.54) is 36.2 Å². The van der Waals surface area contributed by atoms with E-state index in [-0.39, 0.29) is 5.91 Å². The molecule has 3 N–H and O–H groups in total. The van der Waals surface area contributed by atoms with Crippen molar-refractivity contribution in [2.24, 2.45) is 5.92 Å². The number of hydrogen-bond donors (Lipinski definition) is 2. The second kappa shape index (κ2) is 4.71. The van der Waals surface area contributed by atoms with Gasteiger partial charge in [0.1, 0.15) is 4.88 Å². The summed E-state index contributed by atoms with van der Waals surface area (Å²) in [7, 11) is 3.79. The van der Waals surface area contributed by atoms with Gasteiger partial charge in [0.25, 0.3) is 5.91 Å². The Morgan fingerprint density at radius 3 is 2.63 bits per heavy atom. The van der Waals surface area contributed by atoms with Crippen molar-refractivity contribution in [2.75, 3.05) is 31.3 Å². The van der Waals surface area contributed by atoms with E-state index in [9.17, 15) is 4.79 Å². The Hall–Kier alpha value is -1.23. The summed E-state index contributed by atoms with van der Waals surface area (Å²) in [6.07, 6.45) is 5.09. The number of nitrogen functional groups attached to an aromatic ring is 1. The van der Waals surface area contributed by atoms with Gasteiger partial charge in [-0.3, -0.25) is 4.79 Å². The lowest BCUT2D eigenvalue weighted by Gasteiger charge is -2.19. The van der Waals surface area contributed by atoms with E-state index in [0.29, 0.717) is 16.5 Å². The molecule has 0 saturated heterocycles. The number of carbonyl (C=O) groups is 1. The molecule has 2 aliphatic rings. The average molecular weight is 279 g/mol. The van der Waals surface area contributed by atoms with Crippen LogP contribution in [-0.4, -0.2) is 26.5 Å². The highest BCUT2D eigenvalue weighted by Crippen LogP contribution is 2.52. The zero-order chi connectivity index (χ0) is 13.6. The van der Waals surface area contributed by atoms with Crippen molar-refractivity contribution in [1.82, 2.24) is 5.32 Å². The Balaban J connectivity index is 1.93. The molecule has 0 radical (unpaired) electrons. The molecule has 2 aliphatic carbocycles. The van der Waals surface area contributed by atoms with Crippen molar-refractivity contribution in [3.8, 4) is 0 Å². The summed E-state index contributed by atoms with van der Waals surface area (Å²) >= 11 is 1.55. The fourth-order valence-corrected chi connectivity index (χ4v) is 3.77. The molecule has 2 fully saturated rings. The normalized spacial score (nSPS) is 18.4. The summed E-state index contributed by atoms with van der Waals surface area (Å²) in [4.78, 5) is 14.9. The predicted octanol–water partition coefficient (Wildman–Crippen LogP) is 2.41. The molecule has 1 aromatic heterocycles. The molecule has 0 spiro atoms. The van der Waals surface area contributed by atoms with Gasteiger partial charge in [0.05, 0.1) is 10.7 Å². The van der Waals surface area contributed by atoms with Crippen molar-refractivity contribution < 1.29 is 4.79 Å². The lowest BCUT2D eigenvalue weighted by atomic mass is 10.1. The van der Waals surface area contributed by atoms with Gasteiger partial charge in [-0.05, 0) is 37.5 Å². The number of anilines is 2. The van der Waals surface area contributed by atoms with Gasteiger partial charge in [0.15, 0.2) is 0 Å². The molecule has 2 saturated carbocycles. The second-order valence-electron chi connectivity index (χ2n) is 5.74. The average Bonchev–Trinajstić information content (AvgIpc) is 3.29. The van der Waals surface area contributed by atoms with Crippen LogP contribution in [0.3, 0.4) is 0 Å². The summed E-state index contributed by atoms with van der Waals surface area (Å²) in [5, 5.41) is 3.90. The molecular formula is C14H21N3OS. The Kier molecular flexibility index (Phi) is 3.17. The molecule has 0 atom stereocenters. The van der Waals surface area contributed by atoms with Crippen LogP contribution in [0.1, 0.15) is 46.8 Å². The number of nitrogens with one attached hydrogen (secondary N) is 1. The largest absolute Gasteiger partial charge is 0.397 e. The molecule has 0 unspecified atom stereocenters. The lowest BCUT2D eigenvalue weighted by Crippen LogP contribution is -2.19. The number of carbonyl (C=O) groups excluding carboxylic acids is 1. The smallest absolute Gasteiger partial charge is 0.263 e. The van der Waals surface area contributed by atoms with Gasteiger partial charge in [0, 0.05) is 26.2 Å². The van der Waals surface area contributed by atoms with Crippen LogP contribution in [0.25, 0.3) is 0 Å². The molecule has 104 valence electrons. The van der Waals surface area contributed by atoms with Crippen LogP contribution in [0.2, 0.25) is 0 Å². The van der Waals surface area contributed by atoms with Crippen molar-refractivity contribution >= 4 is 27.9 Å². The number of amides is 1. The van der Waals surface area contributed by atoms with Crippen LogP contribution < -0.4 is 16.0 Å². The summed E-state index contributed by atoms with van der Waals surface area (Å²) in [5.41, 5.74) is 8.17. The van der Waals surface area contributed by atoms with E-state index in [1.807, 2.05) is 0 Å². The van der Waals surface area contributed by atoms with Crippen molar-refractivity contribution in [3.63, 3.8) is 0 Å². The van der Waals surface area contributed by atoms with Gasteiger partial charge in [-0.1, -0.05) is 0 Å². The third-order valence-electron chi connectivity index (χ3n) is 3.96. The molecule has 3 rings (SSSR count). The zero-order valence-electron chi connectivity index (χ0n) is 11.5. The van der Waals surface area contributed by atoms with E-state index in [4.69, 9.17) is 5.73 Å². The van der Waals surface area contributed by atoms with E-state index in [2.05, 4.69) is 17.3 Å². The van der Waals surface area contributed by atoms with E-state index < -0.39 is 0 Å². The van der Waals surface area contributed by atoms with Crippen LogP contribution in [0, 0.1) is 5.92 Å². The number of nitrogens with two attached hydrogens (primary N) is 1. The van der Waals surface area contributed by atoms with Crippen LogP contribution in [0.5, 0.6) is 0 Å². The predicted molar refractivity (Wildman–Crippen MR) is 80.1 cm³/mol. The Morgan fingerprint density at radius 2 is 2.11 bits per heavy atom. The van der Waals surface area contributed by atoms with Gasteiger partial charge in [0.2, 0.25) is 0 Å². The van der Waals surface area contributed by atoms with Gasteiger partial charge < -0.3 is 16.0 Å². The number of thiophene rings is 1. The van der Waals surface area contributed by atoms with Crippen LogP contribution in [0.15, 0.2) is 0 Å². The highest BCUT2D eigenvalue weighted by atomic mass is 32.1. The molecule has 1 heterocycles. The maximum Gasteiger partial charge on any atom is 0.263 e. The van der Waals surface area contributed by atoms with Crippen molar-refractivity contribution in [1.29, 1.82) is 0 Å². The molecule has 5 heteroatoms. The van der Waals surface area contributed by atoms with Crippen LogP contribution in [0.4, 0.5) is 10.7 Å². The monoisotopic (exact) mass is 279 g/mol. The molecule has 0 aromatic carbocycles. The standard InChI is InChI=1S/C14H21N3OS/c1-16-13(18)12-11(15)10(9-5-6-9)14(19-12)17(2)7-8-3-4-8/h8-9H,3-7,15H2,1-2H3,(H,16,18). The first-order valence-corrected chi connectivity index (χ1v) is 7.78. The fourth-order valence-electron chi connectivity index (χ4n) is 2.55. The highest BCUT2D eigenvalue weighted by molar-refractivity contribution is 7.18. The molecule has 19 heavy (non-hydrogen) atoms. The van der Waals surface area contributed by atoms with Gasteiger partial charge in [-0.25, -0.2) is 0 Å². The summed E-state index contributed by atoms with van der Waals surface area (Å²) in [6, 6.07) is 0. The van der Waals surface area contributed by atoms with Gasteiger partial charge >= 0.3 is 0 Å². The first-order chi connectivity index (χ1) is 9.11. The molecule has 0 bridgehead atoms. The number of rotatable bonds is 5. The van der Waals surface area contributed by atoms with E-state index in [0.717, 1.165) is 12.5 Å². The topological polar surface area (TPSA) is 58.4 Å². The van der Waals surface area contributed by atoms with Crippen LogP contribution >= 0.6 is 11.3 Å². The molecule has 4 nitrogen and oxygen atoms in total. The summed E-state index contributed by atoms with van der Waals surface area (Å²) in [5.74, 6) is 1.35. The Labute approximate surface area is 118 Å². The third kappa shape index (κ3) is 2.43. The first kappa shape index (κ1) is 12.8. The maximum atomic E-state index is 11.9. The number of hydrogen-bond acceptors (Lipinski definition) is 4. The highest BCUT2D eigenvalue weighted by Gasteiger charge is 2.34. The first-order valence-electron chi connectivity index (χ1n) is 6.97. The quantitative estimate of drug-likeness (QED) is 0.870. The Bertz CT molecular complexity index is 503. The molecule has 1 aromatic rings. The minimum atomic E-state index is -0.0597. The fraction of sp³-hybridized carbons (Fsp3) is 0.643. The van der Waals surface area contributed by atoms with E-state index in [1.54, 1.807) is 18.4 Å². The Morgan fingerprint density at radius 1 is 1.42 bits per heavy atom. The third-order valence-corrected chi connectivity index (χ3v) is 5.29. The van der Waals surface area contributed by atoms with E-state index >= 15 is 0 Å². The zero-order valence-corrected chi connectivity index (χ0v) is 12.3. The van der Waals surface area contributed by atoms with Gasteiger partial charge in [-0.15, -0.1) is 11.3 Å². The maximum absolute atomic E-state index is 11.9. The summed E-state index contributed by atoms with van der Waals surface area (Å²) in [6.45, 7) is 1.09. The minimum absolute atomic E-state index is 0.0597. The van der Waals surface area contributed by atoms with Crippen molar-refractivity contribution in [3.05, 3.63) is 10.4 Å². The van der Waals surface area contributed by atoms with Gasteiger partial charge in [-0.2, -0.15) is 0 Å². The molecule has 1 amide bonds. The lowest BCUT2D eigenvalue weighted by molar-refractivity contribution is 0.0968. The van der Waals surface area contributed by atoms with Crippen molar-refractivity contribution in [2.45, 2.75) is 31.6 Å². The summed E-state index contributed by atoms with van der Waals surface area (Å²) < 4.78 is 0.